The summed E-state index contributed by atoms with van der Waals surface area (Å²) in [6, 6.07) is 3.84. The molecule has 3 rings (SSSR count). The maximum atomic E-state index is 12.2. The van der Waals surface area contributed by atoms with Crippen LogP contribution >= 0.6 is 11.3 Å². The Kier molecular flexibility index (Phi) is 4.13. The van der Waals surface area contributed by atoms with Crippen molar-refractivity contribution in [2.24, 2.45) is 0 Å². The van der Waals surface area contributed by atoms with E-state index in [1.807, 2.05) is 38.7 Å². The third-order valence-corrected chi connectivity index (χ3v) is 4.32. The van der Waals surface area contributed by atoms with Crippen LogP contribution < -0.4 is 0 Å². The van der Waals surface area contributed by atoms with Gasteiger partial charge in [0.1, 0.15) is 0 Å². The van der Waals surface area contributed by atoms with E-state index in [2.05, 4.69) is 10.00 Å². The summed E-state index contributed by atoms with van der Waals surface area (Å²) in [5, 5.41) is 8.08. The molecule has 0 atom stereocenters. The van der Waals surface area contributed by atoms with Gasteiger partial charge in [-0.05, 0) is 17.5 Å². The number of carbonyl (C=O) groups is 1. The molecular formula is C14H18N4OS. The topological polar surface area (TPSA) is 41.4 Å². The van der Waals surface area contributed by atoms with Crippen LogP contribution in [0, 0.1) is 0 Å². The number of aromatic nitrogens is 2. The molecule has 0 N–H and O–H groups in total. The molecule has 1 fully saturated rings. The molecule has 0 unspecified atom stereocenters. The highest BCUT2D eigenvalue weighted by atomic mass is 32.1. The average molecular weight is 290 g/mol. The number of amides is 1. The number of rotatable bonds is 4. The summed E-state index contributed by atoms with van der Waals surface area (Å²) >= 11 is 1.57. The molecular weight excluding hydrogens is 272 g/mol. The second-order valence-electron chi connectivity index (χ2n) is 4.92. The molecule has 0 aliphatic carbocycles. The van der Waals surface area contributed by atoms with E-state index in [4.69, 9.17) is 0 Å². The summed E-state index contributed by atoms with van der Waals surface area (Å²) in [4.78, 5) is 16.6. The lowest BCUT2D eigenvalue weighted by Gasteiger charge is -2.34. The maximum absolute atomic E-state index is 12.2. The van der Waals surface area contributed by atoms with Gasteiger partial charge in [0.05, 0.1) is 12.1 Å². The molecule has 20 heavy (non-hydrogen) atoms. The van der Waals surface area contributed by atoms with Gasteiger partial charge < -0.3 is 4.90 Å². The van der Waals surface area contributed by atoms with E-state index in [1.54, 1.807) is 17.5 Å². The first-order chi connectivity index (χ1) is 9.83. The zero-order valence-electron chi connectivity index (χ0n) is 11.3. The first kappa shape index (κ1) is 13.3. The molecule has 1 amide bonds. The molecule has 5 nitrogen and oxygen atoms in total. The van der Waals surface area contributed by atoms with Crippen LogP contribution in [0.1, 0.15) is 10.4 Å². The van der Waals surface area contributed by atoms with Gasteiger partial charge in [0.25, 0.3) is 5.91 Å². The van der Waals surface area contributed by atoms with E-state index in [9.17, 15) is 4.79 Å². The summed E-state index contributed by atoms with van der Waals surface area (Å²) in [5.74, 6) is 0.165. The van der Waals surface area contributed by atoms with Crippen molar-refractivity contribution in [3.8, 4) is 0 Å². The van der Waals surface area contributed by atoms with Crippen LogP contribution in [0.5, 0.6) is 0 Å². The fourth-order valence-corrected chi connectivity index (χ4v) is 3.05. The van der Waals surface area contributed by atoms with Crippen molar-refractivity contribution >= 4 is 17.2 Å². The van der Waals surface area contributed by atoms with Crippen LogP contribution in [0.15, 0.2) is 35.3 Å². The Labute approximate surface area is 122 Å². The molecule has 1 saturated heterocycles. The minimum Gasteiger partial charge on any atom is -0.336 e. The van der Waals surface area contributed by atoms with Crippen molar-refractivity contribution in [3.63, 3.8) is 0 Å². The largest absolute Gasteiger partial charge is 0.336 e. The van der Waals surface area contributed by atoms with Crippen LogP contribution in [0.25, 0.3) is 0 Å². The lowest BCUT2D eigenvalue weighted by atomic mass is 10.2. The second-order valence-corrected chi connectivity index (χ2v) is 5.70. The van der Waals surface area contributed by atoms with Crippen LogP contribution in [0.3, 0.4) is 0 Å². The minimum absolute atomic E-state index is 0.165. The molecule has 0 bridgehead atoms. The molecule has 1 aliphatic rings. The normalized spacial score (nSPS) is 16.5. The molecule has 6 heteroatoms. The fraction of sp³-hybridized carbons (Fsp3) is 0.429. The van der Waals surface area contributed by atoms with Gasteiger partial charge in [-0.1, -0.05) is 0 Å². The first-order valence-electron chi connectivity index (χ1n) is 6.84. The maximum Gasteiger partial charge on any atom is 0.254 e. The number of nitrogens with zero attached hydrogens (tertiary/aromatic N) is 4. The van der Waals surface area contributed by atoms with E-state index < -0.39 is 0 Å². The van der Waals surface area contributed by atoms with Gasteiger partial charge in [-0.15, -0.1) is 0 Å². The third kappa shape index (κ3) is 3.08. The molecule has 0 saturated carbocycles. The van der Waals surface area contributed by atoms with Gasteiger partial charge in [0.15, 0.2) is 0 Å². The highest BCUT2D eigenvalue weighted by Crippen LogP contribution is 2.11. The van der Waals surface area contributed by atoms with Crippen LogP contribution in [-0.2, 0) is 6.54 Å². The summed E-state index contributed by atoms with van der Waals surface area (Å²) < 4.78 is 1.95. The molecule has 106 valence electrons. The van der Waals surface area contributed by atoms with Crippen molar-refractivity contribution in [3.05, 3.63) is 40.8 Å². The molecule has 1 aliphatic heterocycles. The number of thiophene rings is 1. The van der Waals surface area contributed by atoms with Gasteiger partial charge in [-0.25, -0.2) is 0 Å². The van der Waals surface area contributed by atoms with Crippen LogP contribution in [0.2, 0.25) is 0 Å². The zero-order chi connectivity index (χ0) is 13.8. The number of piperazine rings is 1. The Balaban J connectivity index is 1.46. The molecule has 0 spiro atoms. The quantitative estimate of drug-likeness (QED) is 0.855. The number of hydrogen-bond donors (Lipinski definition) is 0. The standard InChI is InChI=1S/C14H18N4OS/c19-14(13-2-11-20-12-13)17-8-5-16(6-9-17)7-10-18-4-1-3-15-18/h1-4,11-12H,5-10H2. The van der Waals surface area contributed by atoms with Crippen molar-refractivity contribution in [1.29, 1.82) is 0 Å². The Bertz CT molecular complexity index is 530. The van der Waals surface area contributed by atoms with Crippen LogP contribution in [-0.4, -0.2) is 58.2 Å². The lowest BCUT2D eigenvalue weighted by molar-refractivity contribution is 0.0632. The Hall–Kier alpha value is -1.66. The van der Waals surface area contributed by atoms with Gasteiger partial charge in [0.2, 0.25) is 0 Å². The monoisotopic (exact) mass is 290 g/mol. The van der Waals surface area contributed by atoms with Crippen molar-refractivity contribution in [1.82, 2.24) is 19.6 Å². The summed E-state index contributed by atoms with van der Waals surface area (Å²) in [5.41, 5.74) is 0.819. The number of carbonyl (C=O) groups excluding carboxylic acids is 1. The van der Waals surface area contributed by atoms with E-state index in [1.165, 1.54) is 0 Å². The van der Waals surface area contributed by atoms with Gasteiger partial charge in [0, 0.05) is 50.5 Å². The van der Waals surface area contributed by atoms with Gasteiger partial charge >= 0.3 is 0 Å². The minimum atomic E-state index is 0.165. The second kappa shape index (κ2) is 6.19. The highest BCUT2D eigenvalue weighted by molar-refractivity contribution is 7.08. The Morgan fingerprint density at radius 3 is 2.75 bits per heavy atom. The molecule has 3 heterocycles. The van der Waals surface area contributed by atoms with E-state index in [0.717, 1.165) is 44.8 Å². The molecule has 0 aromatic carbocycles. The molecule has 2 aromatic heterocycles. The Morgan fingerprint density at radius 2 is 2.10 bits per heavy atom. The van der Waals surface area contributed by atoms with Crippen molar-refractivity contribution in [2.75, 3.05) is 32.7 Å². The van der Waals surface area contributed by atoms with Crippen LogP contribution in [0.4, 0.5) is 0 Å². The van der Waals surface area contributed by atoms with E-state index in [0.29, 0.717) is 0 Å². The summed E-state index contributed by atoms with van der Waals surface area (Å²) in [6.07, 6.45) is 3.79. The average Bonchev–Trinajstić information content (AvgIpc) is 3.18. The highest BCUT2D eigenvalue weighted by Gasteiger charge is 2.21. The number of hydrogen-bond acceptors (Lipinski definition) is 4. The molecule has 0 radical (unpaired) electrons. The third-order valence-electron chi connectivity index (χ3n) is 3.63. The van der Waals surface area contributed by atoms with Crippen molar-refractivity contribution < 1.29 is 4.79 Å². The summed E-state index contributed by atoms with van der Waals surface area (Å²) in [6.45, 7) is 5.41. The summed E-state index contributed by atoms with van der Waals surface area (Å²) in [7, 11) is 0. The Morgan fingerprint density at radius 1 is 1.25 bits per heavy atom. The first-order valence-corrected chi connectivity index (χ1v) is 7.78. The lowest BCUT2D eigenvalue weighted by Crippen LogP contribution is -2.49. The smallest absolute Gasteiger partial charge is 0.254 e. The fourth-order valence-electron chi connectivity index (χ4n) is 2.42. The predicted molar refractivity (Wildman–Crippen MR) is 78.9 cm³/mol. The van der Waals surface area contributed by atoms with Gasteiger partial charge in [-0.3, -0.25) is 14.4 Å². The molecule has 2 aromatic rings. The van der Waals surface area contributed by atoms with Crippen molar-refractivity contribution in [2.45, 2.75) is 6.54 Å². The van der Waals surface area contributed by atoms with E-state index in [-0.39, 0.29) is 5.91 Å². The van der Waals surface area contributed by atoms with Gasteiger partial charge in [-0.2, -0.15) is 16.4 Å². The predicted octanol–water partition coefficient (Wildman–Crippen LogP) is 1.40. The SMILES string of the molecule is O=C(c1ccsc1)N1CCN(CCn2cccn2)CC1. The van der Waals surface area contributed by atoms with E-state index >= 15 is 0 Å². The zero-order valence-corrected chi connectivity index (χ0v) is 12.1.